The highest BCUT2D eigenvalue weighted by molar-refractivity contribution is 6.30. The summed E-state index contributed by atoms with van der Waals surface area (Å²) < 4.78 is 13.8. The lowest BCUT2D eigenvalue weighted by Gasteiger charge is -2.24. The largest absolute Gasteiger partial charge is 0.394 e. The summed E-state index contributed by atoms with van der Waals surface area (Å²) in [7, 11) is 0. The molecule has 2 rings (SSSR count). The molecule has 106 valence electrons. The van der Waals surface area contributed by atoms with E-state index in [0.29, 0.717) is 16.6 Å². The normalized spacial score (nSPS) is 19.1. The molecule has 0 spiro atoms. The van der Waals surface area contributed by atoms with Crippen molar-refractivity contribution in [2.75, 3.05) is 6.61 Å². The topological polar surface area (TPSA) is 32.3 Å². The molecular formula is C15H21ClFNO. The lowest BCUT2D eigenvalue weighted by Crippen LogP contribution is -2.34. The molecule has 1 fully saturated rings. The maximum atomic E-state index is 13.8. The summed E-state index contributed by atoms with van der Waals surface area (Å²) in [5, 5.41) is 13.4. The summed E-state index contributed by atoms with van der Waals surface area (Å²) in [5.74, 6) is -0.315. The predicted octanol–water partition coefficient (Wildman–Crippen LogP) is 3.82. The highest BCUT2D eigenvalue weighted by atomic mass is 35.5. The summed E-state index contributed by atoms with van der Waals surface area (Å²) in [6.45, 7) is -0.117. The number of hydrogen-bond acceptors (Lipinski definition) is 2. The van der Waals surface area contributed by atoms with E-state index in [0.717, 1.165) is 12.8 Å². The molecular weight excluding hydrogens is 265 g/mol. The minimum Gasteiger partial charge on any atom is -0.394 e. The third-order valence-electron chi connectivity index (χ3n) is 3.81. The SMILES string of the molecule is OCC(NC1CCCCCC1)c1cc(Cl)ccc1F. The van der Waals surface area contributed by atoms with Gasteiger partial charge < -0.3 is 10.4 Å². The highest BCUT2D eigenvalue weighted by Crippen LogP contribution is 2.24. The van der Waals surface area contributed by atoms with E-state index < -0.39 is 0 Å². The maximum Gasteiger partial charge on any atom is 0.128 e. The van der Waals surface area contributed by atoms with Crippen molar-refractivity contribution in [2.45, 2.75) is 50.6 Å². The van der Waals surface area contributed by atoms with Crippen LogP contribution in [0.2, 0.25) is 5.02 Å². The van der Waals surface area contributed by atoms with Gasteiger partial charge in [0.2, 0.25) is 0 Å². The molecule has 1 unspecified atom stereocenters. The molecule has 0 saturated heterocycles. The van der Waals surface area contributed by atoms with Gasteiger partial charge in [-0.25, -0.2) is 4.39 Å². The van der Waals surface area contributed by atoms with Gasteiger partial charge in [0.15, 0.2) is 0 Å². The van der Waals surface area contributed by atoms with E-state index in [1.54, 1.807) is 6.07 Å². The summed E-state index contributed by atoms with van der Waals surface area (Å²) in [6, 6.07) is 4.47. The predicted molar refractivity (Wildman–Crippen MR) is 75.9 cm³/mol. The van der Waals surface area contributed by atoms with Crippen LogP contribution in [-0.4, -0.2) is 17.8 Å². The first kappa shape index (κ1) is 14.8. The van der Waals surface area contributed by atoms with Gasteiger partial charge in [0.25, 0.3) is 0 Å². The molecule has 0 heterocycles. The van der Waals surface area contributed by atoms with Crippen LogP contribution in [0.25, 0.3) is 0 Å². The van der Waals surface area contributed by atoms with Crippen molar-refractivity contribution in [1.82, 2.24) is 5.32 Å². The molecule has 4 heteroatoms. The quantitative estimate of drug-likeness (QED) is 0.824. The van der Waals surface area contributed by atoms with Crippen molar-refractivity contribution in [3.05, 3.63) is 34.6 Å². The first-order valence-corrected chi connectivity index (χ1v) is 7.40. The number of rotatable bonds is 4. The smallest absolute Gasteiger partial charge is 0.128 e. The van der Waals surface area contributed by atoms with Gasteiger partial charge in [-0.3, -0.25) is 0 Å². The minimum absolute atomic E-state index is 0.117. The van der Waals surface area contributed by atoms with Crippen LogP contribution < -0.4 is 5.32 Å². The molecule has 19 heavy (non-hydrogen) atoms. The Balaban J connectivity index is 2.08. The average molecular weight is 286 g/mol. The van der Waals surface area contributed by atoms with Gasteiger partial charge in [0.05, 0.1) is 12.6 Å². The van der Waals surface area contributed by atoms with E-state index in [1.165, 1.54) is 37.8 Å². The van der Waals surface area contributed by atoms with Gasteiger partial charge in [0.1, 0.15) is 5.82 Å². The summed E-state index contributed by atoms with van der Waals surface area (Å²) >= 11 is 5.91. The van der Waals surface area contributed by atoms with Crippen LogP contribution >= 0.6 is 11.6 Å². The summed E-state index contributed by atoms with van der Waals surface area (Å²) in [5.41, 5.74) is 0.458. The Bertz CT molecular complexity index is 405. The number of hydrogen-bond donors (Lipinski definition) is 2. The molecule has 1 aromatic carbocycles. The van der Waals surface area contributed by atoms with Crippen LogP contribution in [0.5, 0.6) is 0 Å². The molecule has 0 amide bonds. The zero-order chi connectivity index (χ0) is 13.7. The van der Waals surface area contributed by atoms with Crippen LogP contribution in [-0.2, 0) is 0 Å². The van der Waals surface area contributed by atoms with Crippen LogP contribution in [0.1, 0.15) is 50.1 Å². The Morgan fingerprint density at radius 3 is 2.58 bits per heavy atom. The molecule has 0 bridgehead atoms. The Morgan fingerprint density at radius 1 is 1.26 bits per heavy atom. The third-order valence-corrected chi connectivity index (χ3v) is 4.04. The number of aliphatic hydroxyl groups excluding tert-OH is 1. The van der Waals surface area contributed by atoms with Crippen LogP contribution in [0.3, 0.4) is 0 Å². The van der Waals surface area contributed by atoms with Crippen molar-refractivity contribution in [1.29, 1.82) is 0 Å². The molecule has 0 aliphatic heterocycles. The first-order valence-electron chi connectivity index (χ1n) is 7.02. The molecule has 1 saturated carbocycles. The van der Waals surface area contributed by atoms with Gasteiger partial charge >= 0.3 is 0 Å². The number of halogens is 2. The Labute approximate surface area is 119 Å². The molecule has 1 aliphatic rings. The summed E-state index contributed by atoms with van der Waals surface area (Å²) in [4.78, 5) is 0. The van der Waals surface area contributed by atoms with E-state index >= 15 is 0 Å². The zero-order valence-electron chi connectivity index (χ0n) is 11.0. The lowest BCUT2D eigenvalue weighted by molar-refractivity contribution is 0.225. The average Bonchev–Trinajstić information content (AvgIpc) is 2.67. The highest BCUT2D eigenvalue weighted by Gasteiger charge is 2.20. The third kappa shape index (κ3) is 4.16. The van der Waals surface area contributed by atoms with Gasteiger partial charge in [-0.15, -0.1) is 0 Å². The standard InChI is InChI=1S/C15H21ClFNO/c16-11-7-8-14(17)13(9-11)15(10-19)18-12-5-3-1-2-4-6-12/h7-9,12,15,18-19H,1-6,10H2. The second-order valence-corrected chi connectivity index (χ2v) is 5.69. The molecule has 1 atom stereocenters. The Hall–Kier alpha value is -0.640. The molecule has 0 aromatic heterocycles. The fraction of sp³-hybridized carbons (Fsp3) is 0.600. The molecule has 2 nitrogen and oxygen atoms in total. The van der Waals surface area contributed by atoms with E-state index in [9.17, 15) is 9.50 Å². The van der Waals surface area contributed by atoms with Gasteiger partial charge in [-0.05, 0) is 31.0 Å². The van der Waals surface area contributed by atoms with Crippen molar-refractivity contribution in [3.8, 4) is 0 Å². The van der Waals surface area contributed by atoms with Crippen molar-refractivity contribution in [2.24, 2.45) is 0 Å². The first-order chi connectivity index (χ1) is 9.20. The maximum absolute atomic E-state index is 13.8. The lowest BCUT2D eigenvalue weighted by atomic mass is 10.0. The molecule has 1 aromatic rings. The Kier molecular flexibility index (Phi) is 5.61. The number of benzene rings is 1. The van der Waals surface area contributed by atoms with E-state index in [4.69, 9.17) is 11.6 Å². The summed E-state index contributed by atoms with van der Waals surface area (Å²) in [6.07, 6.45) is 7.14. The van der Waals surface area contributed by atoms with Crippen LogP contribution in [0, 0.1) is 5.82 Å². The Morgan fingerprint density at radius 2 is 1.95 bits per heavy atom. The monoisotopic (exact) mass is 285 g/mol. The van der Waals surface area contributed by atoms with Crippen molar-refractivity contribution in [3.63, 3.8) is 0 Å². The zero-order valence-corrected chi connectivity index (χ0v) is 11.8. The van der Waals surface area contributed by atoms with E-state index in [-0.39, 0.29) is 18.5 Å². The van der Waals surface area contributed by atoms with Crippen LogP contribution in [0.4, 0.5) is 4.39 Å². The molecule has 1 aliphatic carbocycles. The van der Waals surface area contributed by atoms with Crippen LogP contribution in [0.15, 0.2) is 18.2 Å². The van der Waals surface area contributed by atoms with E-state index in [1.807, 2.05) is 0 Å². The second-order valence-electron chi connectivity index (χ2n) is 5.26. The minimum atomic E-state index is -0.373. The molecule has 0 radical (unpaired) electrons. The molecule has 2 N–H and O–H groups in total. The van der Waals surface area contributed by atoms with Crippen molar-refractivity contribution < 1.29 is 9.50 Å². The van der Waals surface area contributed by atoms with E-state index in [2.05, 4.69) is 5.32 Å². The van der Waals surface area contributed by atoms with Gasteiger partial charge in [-0.2, -0.15) is 0 Å². The fourth-order valence-corrected chi connectivity index (χ4v) is 2.93. The number of nitrogens with one attached hydrogen (secondary N) is 1. The van der Waals surface area contributed by atoms with Crippen molar-refractivity contribution >= 4 is 11.6 Å². The number of aliphatic hydroxyl groups is 1. The van der Waals surface area contributed by atoms with Gasteiger partial charge in [0, 0.05) is 16.6 Å². The van der Waals surface area contributed by atoms with Gasteiger partial charge in [-0.1, -0.05) is 37.3 Å². The fourth-order valence-electron chi connectivity index (χ4n) is 2.75. The second kappa shape index (κ2) is 7.22.